The summed E-state index contributed by atoms with van der Waals surface area (Å²) in [6.45, 7) is 0.545. The van der Waals surface area contributed by atoms with Gasteiger partial charge in [-0.05, 0) is 48.0 Å². The molecule has 1 aliphatic heterocycles. The van der Waals surface area contributed by atoms with Crippen LogP contribution in [0.25, 0.3) is 6.08 Å². The van der Waals surface area contributed by atoms with Crippen LogP contribution in [0, 0.1) is 0 Å². The third kappa shape index (κ3) is 3.63. The molecule has 24 heavy (non-hydrogen) atoms. The molecule has 1 aliphatic rings. The van der Waals surface area contributed by atoms with Crippen molar-refractivity contribution >= 4 is 29.3 Å². The van der Waals surface area contributed by atoms with Crippen molar-refractivity contribution in [3.63, 3.8) is 0 Å². The molecule has 1 N–H and O–H groups in total. The van der Waals surface area contributed by atoms with Gasteiger partial charge in [0.15, 0.2) is 5.11 Å². The molecule has 122 valence electrons. The highest BCUT2D eigenvalue weighted by molar-refractivity contribution is 7.80. The lowest BCUT2D eigenvalue weighted by atomic mass is 10.1. The fourth-order valence-electron chi connectivity index (χ4n) is 2.52. The summed E-state index contributed by atoms with van der Waals surface area (Å²) in [7, 11) is 1.64. The first-order valence-corrected chi connectivity index (χ1v) is 8.11. The van der Waals surface area contributed by atoms with Gasteiger partial charge < -0.3 is 10.1 Å². The second-order valence-electron chi connectivity index (χ2n) is 5.45. The van der Waals surface area contributed by atoms with Gasteiger partial charge in [-0.15, -0.1) is 0 Å². The van der Waals surface area contributed by atoms with Crippen molar-refractivity contribution < 1.29 is 9.53 Å². The van der Waals surface area contributed by atoms with Crippen LogP contribution in [0.4, 0.5) is 0 Å². The zero-order valence-electron chi connectivity index (χ0n) is 13.4. The molecule has 0 saturated carbocycles. The number of hydrogen-bond donors (Lipinski definition) is 1. The molecule has 1 fully saturated rings. The smallest absolute Gasteiger partial charge is 0.276 e. The van der Waals surface area contributed by atoms with Gasteiger partial charge in [0.25, 0.3) is 5.91 Å². The molecular weight excluding hydrogens is 320 g/mol. The summed E-state index contributed by atoms with van der Waals surface area (Å²) in [6.07, 6.45) is 2.55. The standard InChI is InChI=1S/C19H18N2O2S/c1-23-16-9-7-14(8-10-16)11-12-21-18(22)17(20-19(21)24)13-15-5-3-2-4-6-15/h2-10,13H,11-12H2,1H3,(H,20,24)/b17-13-. The lowest BCUT2D eigenvalue weighted by Crippen LogP contribution is -2.32. The lowest BCUT2D eigenvalue weighted by molar-refractivity contribution is -0.122. The highest BCUT2D eigenvalue weighted by Crippen LogP contribution is 2.16. The van der Waals surface area contributed by atoms with Crippen LogP contribution < -0.4 is 10.1 Å². The number of nitrogens with one attached hydrogen (secondary N) is 1. The Balaban J connectivity index is 1.67. The Morgan fingerprint density at radius 3 is 2.50 bits per heavy atom. The Hall–Kier alpha value is -2.66. The van der Waals surface area contributed by atoms with Gasteiger partial charge in [-0.2, -0.15) is 0 Å². The maximum atomic E-state index is 12.5. The van der Waals surface area contributed by atoms with Gasteiger partial charge >= 0.3 is 0 Å². The molecule has 3 rings (SSSR count). The van der Waals surface area contributed by atoms with Gasteiger partial charge in [0.05, 0.1) is 7.11 Å². The van der Waals surface area contributed by atoms with E-state index >= 15 is 0 Å². The van der Waals surface area contributed by atoms with Crippen LogP contribution in [0.1, 0.15) is 11.1 Å². The average molecular weight is 338 g/mol. The van der Waals surface area contributed by atoms with Crippen LogP contribution in [0.2, 0.25) is 0 Å². The molecule has 0 radical (unpaired) electrons. The first-order chi connectivity index (χ1) is 11.7. The number of thiocarbonyl (C=S) groups is 1. The molecule has 2 aromatic rings. The summed E-state index contributed by atoms with van der Waals surface area (Å²) in [4.78, 5) is 14.1. The predicted molar refractivity (Wildman–Crippen MR) is 98.6 cm³/mol. The largest absolute Gasteiger partial charge is 0.497 e. The van der Waals surface area contributed by atoms with Crippen LogP contribution in [-0.2, 0) is 11.2 Å². The number of nitrogens with zero attached hydrogens (tertiary/aromatic N) is 1. The Morgan fingerprint density at radius 1 is 1.12 bits per heavy atom. The number of rotatable bonds is 5. The summed E-state index contributed by atoms with van der Waals surface area (Å²) in [6, 6.07) is 17.5. The number of hydrogen-bond acceptors (Lipinski definition) is 3. The molecule has 0 atom stereocenters. The third-order valence-electron chi connectivity index (χ3n) is 3.86. The Kier molecular flexibility index (Phi) is 4.91. The second-order valence-corrected chi connectivity index (χ2v) is 5.84. The van der Waals surface area contributed by atoms with E-state index in [1.54, 1.807) is 12.0 Å². The van der Waals surface area contributed by atoms with E-state index in [-0.39, 0.29) is 5.91 Å². The van der Waals surface area contributed by atoms with Crippen LogP contribution in [0.3, 0.4) is 0 Å². The summed E-state index contributed by atoms with van der Waals surface area (Å²) in [5.41, 5.74) is 2.61. The van der Waals surface area contributed by atoms with Gasteiger partial charge in [0.1, 0.15) is 11.4 Å². The van der Waals surface area contributed by atoms with E-state index in [0.717, 1.165) is 23.3 Å². The second kappa shape index (κ2) is 7.27. The van der Waals surface area contributed by atoms with Crippen molar-refractivity contribution in [2.75, 3.05) is 13.7 Å². The Morgan fingerprint density at radius 2 is 1.83 bits per heavy atom. The van der Waals surface area contributed by atoms with Crippen molar-refractivity contribution in [3.05, 3.63) is 71.4 Å². The molecule has 1 amide bonds. The molecule has 0 bridgehead atoms. The molecule has 2 aromatic carbocycles. The molecule has 0 unspecified atom stereocenters. The number of amides is 1. The topological polar surface area (TPSA) is 41.6 Å². The van der Waals surface area contributed by atoms with Crippen molar-refractivity contribution in [2.24, 2.45) is 0 Å². The lowest BCUT2D eigenvalue weighted by Gasteiger charge is -2.14. The summed E-state index contributed by atoms with van der Waals surface area (Å²) in [5.74, 6) is 0.735. The fourth-order valence-corrected chi connectivity index (χ4v) is 2.81. The fraction of sp³-hybridized carbons (Fsp3) is 0.158. The maximum absolute atomic E-state index is 12.5. The number of benzene rings is 2. The minimum absolute atomic E-state index is 0.0858. The summed E-state index contributed by atoms with van der Waals surface area (Å²) >= 11 is 5.30. The molecule has 0 aliphatic carbocycles. The molecular formula is C19H18N2O2S. The number of methoxy groups -OCH3 is 1. The first-order valence-electron chi connectivity index (χ1n) is 7.70. The Labute approximate surface area is 146 Å². The molecule has 4 nitrogen and oxygen atoms in total. The van der Waals surface area contributed by atoms with E-state index in [1.165, 1.54) is 0 Å². The zero-order chi connectivity index (χ0) is 16.9. The minimum Gasteiger partial charge on any atom is -0.497 e. The van der Waals surface area contributed by atoms with E-state index in [4.69, 9.17) is 17.0 Å². The molecule has 1 heterocycles. The van der Waals surface area contributed by atoms with Gasteiger partial charge in [0.2, 0.25) is 0 Å². The minimum atomic E-state index is -0.0858. The van der Waals surface area contributed by atoms with Crippen molar-refractivity contribution in [2.45, 2.75) is 6.42 Å². The molecule has 5 heteroatoms. The maximum Gasteiger partial charge on any atom is 0.276 e. The van der Waals surface area contributed by atoms with E-state index < -0.39 is 0 Å². The monoisotopic (exact) mass is 338 g/mol. The van der Waals surface area contributed by atoms with Gasteiger partial charge in [-0.3, -0.25) is 9.69 Å². The molecule has 0 spiro atoms. The van der Waals surface area contributed by atoms with Crippen LogP contribution in [0.15, 0.2) is 60.3 Å². The normalized spacial score (nSPS) is 15.7. The van der Waals surface area contributed by atoms with Gasteiger partial charge in [-0.25, -0.2) is 0 Å². The highest BCUT2D eigenvalue weighted by atomic mass is 32.1. The average Bonchev–Trinajstić information content (AvgIpc) is 2.88. The van der Waals surface area contributed by atoms with Crippen molar-refractivity contribution in [1.82, 2.24) is 10.2 Å². The van der Waals surface area contributed by atoms with E-state index in [1.807, 2.05) is 60.7 Å². The number of carbonyl (C=O) groups excluding carboxylic acids is 1. The summed E-state index contributed by atoms with van der Waals surface area (Å²) < 4.78 is 5.15. The Bertz CT molecular complexity index is 770. The zero-order valence-corrected chi connectivity index (χ0v) is 14.2. The van der Waals surface area contributed by atoms with E-state index in [0.29, 0.717) is 17.4 Å². The number of ether oxygens (including phenoxy) is 1. The van der Waals surface area contributed by atoms with Gasteiger partial charge in [-0.1, -0.05) is 42.5 Å². The molecule has 0 aromatic heterocycles. The van der Waals surface area contributed by atoms with Crippen molar-refractivity contribution in [1.29, 1.82) is 0 Å². The summed E-state index contributed by atoms with van der Waals surface area (Å²) in [5, 5.41) is 3.46. The SMILES string of the molecule is COc1ccc(CCN2C(=O)/C(=C/c3ccccc3)NC2=S)cc1. The number of carbonyl (C=O) groups is 1. The van der Waals surface area contributed by atoms with Crippen LogP contribution >= 0.6 is 12.2 Å². The van der Waals surface area contributed by atoms with E-state index in [9.17, 15) is 4.79 Å². The van der Waals surface area contributed by atoms with E-state index in [2.05, 4.69) is 5.32 Å². The third-order valence-corrected chi connectivity index (χ3v) is 4.18. The van der Waals surface area contributed by atoms with Crippen LogP contribution in [0.5, 0.6) is 5.75 Å². The quantitative estimate of drug-likeness (QED) is 0.672. The predicted octanol–water partition coefficient (Wildman–Crippen LogP) is 3.00. The van der Waals surface area contributed by atoms with Crippen LogP contribution in [-0.4, -0.2) is 29.6 Å². The van der Waals surface area contributed by atoms with Crippen molar-refractivity contribution in [3.8, 4) is 5.75 Å². The van der Waals surface area contributed by atoms with Gasteiger partial charge in [0, 0.05) is 6.54 Å². The molecule has 1 saturated heterocycles. The first kappa shape index (κ1) is 16.2. The highest BCUT2D eigenvalue weighted by Gasteiger charge is 2.30.